The van der Waals surface area contributed by atoms with E-state index in [4.69, 9.17) is 22.1 Å². The highest BCUT2D eigenvalue weighted by atomic mass is 35.5. The van der Waals surface area contributed by atoms with Gasteiger partial charge in [0.05, 0.1) is 0 Å². The van der Waals surface area contributed by atoms with Crippen LogP contribution in [-0.4, -0.2) is 65.2 Å². The number of halogens is 1. The van der Waals surface area contributed by atoms with Crippen molar-refractivity contribution < 1.29 is 19.4 Å². The molecule has 1 saturated heterocycles. The Labute approximate surface area is 176 Å². The van der Waals surface area contributed by atoms with E-state index in [9.17, 15) is 14.7 Å². The van der Waals surface area contributed by atoms with Crippen LogP contribution in [0.2, 0.25) is 5.02 Å². The highest BCUT2D eigenvalue weighted by Crippen LogP contribution is 2.16. The number of rotatable bonds is 5. The van der Waals surface area contributed by atoms with Crippen LogP contribution in [0.4, 0.5) is 4.79 Å². The fraction of sp³-hybridized carbons (Fsp3) is 0.429. The van der Waals surface area contributed by atoms with Crippen LogP contribution in [0.5, 0.6) is 0 Å². The summed E-state index contributed by atoms with van der Waals surface area (Å²) < 4.78 is 5.40. The highest BCUT2D eigenvalue weighted by molar-refractivity contribution is 6.30. The van der Waals surface area contributed by atoms with Crippen molar-refractivity contribution in [3.05, 3.63) is 52.3 Å². The minimum atomic E-state index is -0.881. The molecule has 3 N–H and O–H groups in total. The van der Waals surface area contributed by atoms with Crippen molar-refractivity contribution in [1.82, 2.24) is 9.80 Å². The molecule has 0 bridgehead atoms. The summed E-state index contributed by atoms with van der Waals surface area (Å²) in [7, 11) is 0. The SMILES string of the molecule is CC(C)(C)OC(=O)N1CCN(C/C(C=Cc2ccc(Cl)cc2)=C(\O)C(N)=O)CC1. The van der Waals surface area contributed by atoms with Gasteiger partial charge in [-0.05, 0) is 38.5 Å². The van der Waals surface area contributed by atoms with Gasteiger partial charge in [0.1, 0.15) is 5.60 Å². The Kier molecular flexibility index (Phi) is 7.70. The van der Waals surface area contributed by atoms with Crippen molar-refractivity contribution in [2.45, 2.75) is 26.4 Å². The third-order valence-corrected chi connectivity index (χ3v) is 4.55. The molecular formula is C21H28ClN3O4. The minimum absolute atomic E-state index is 0.334. The van der Waals surface area contributed by atoms with Crippen LogP contribution in [0.15, 0.2) is 41.7 Å². The topological polar surface area (TPSA) is 96.1 Å². The molecule has 8 heteroatoms. The Morgan fingerprint density at radius 2 is 1.76 bits per heavy atom. The number of carbonyl (C=O) groups is 2. The molecule has 0 unspecified atom stereocenters. The number of nitrogens with two attached hydrogens (primary N) is 1. The normalized spacial score (nSPS) is 16.6. The monoisotopic (exact) mass is 421 g/mol. The predicted molar refractivity (Wildman–Crippen MR) is 114 cm³/mol. The number of carbonyl (C=O) groups excluding carboxylic acids is 2. The average molecular weight is 422 g/mol. The zero-order chi connectivity index (χ0) is 21.6. The molecule has 7 nitrogen and oxygen atoms in total. The summed E-state index contributed by atoms with van der Waals surface area (Å²) in [6.45, 7) is 8.00. The lowest BCUT2D eigenvalue weighted by atomic mass is 10.1. The van der Waals surface area contributed by atoms with Crippen LogP contribution in [0, 0.1) is 0 Å². The van der Waals surface area contributed by atoms with Crippen molar-refractivity contribution in [2.24, 2.45) is 5.73 Å². The molecule has 29 heavy (non-hydrogen) atoms. The second-order valence-corrected chi connectivity index (χ2v) is 8.30. The van der Waals surface area contributed by atoms with E-state index in [1.807, 2.05) is 37.8 Å². The van der Waals surface area contributed by atoms with E-state index in [1.165, 1.54) is 0 Å². The van der Waals surface area contributed by atoms with Crippen molar-refractivity contribution in [1.29, 1.82) is 0 Å². The molecule has 0 radical (unpaired) electrons. The lowest BCUT2D eigenvalue weighted by Gasteiger charge is -2.35. The third kappa shape index (κ3) is 7.44. The molecule has 2 amide bonds. The molecule has 2 rings (SSSR count). The van der Waals surface area contributed by atoms with Gasteiger partial charge < -0.3 is 20.5 Å². The van der Waals surface area contributed by atoms with Gasteiger partial charge in [-0.1, -0.05) is 35.9 Å². The van der Waals surface area contributed by atoms with Crippen molar-refractivity contribution in [2.75, 3.05) is 32.7 Å². The number of hydrogen-bond donors (Lipinski definition) is 2. The Bertz CT molecular complexity index is 789. The van der Waals surface area contributed by atoms with Crippen molar-refractivity contribution in [3.63, 3.8) is 0 Å². The fourth-order valence-corrected chi connectivity index (χ4v) is 2.92. The molecule has 1 aromatic rings. The number of hydrogen-bond acceptors (Lipinski definition) is 5. The van der Waals surface area contributed by atoms with E-state index in [-0.39, 0.29) is 6.09 Å². The highest BCUT2D eigenvalue weighted by Gasteiger charge is 2.26. The first-order valence-corrected chi connectivity index (χ1v) is 9.79. The number of primary amides is 1. The summed E-state index contributed by atoms with van der Waals surface area (Å²) in [6, 6.07) is 7.18. The molecule has 1 aromatic carbocycles. The number of nitrogens with zero attached hydrogens (tertiary/aromatic N) is 2. The second-order valence-electron chi connectivity index (χ2n) is 7.87. The minimum Gasteiger partial charge on any atom is -0.503 e. The summed E-state index contributed by atoms with van der Waals surface area (Å²) in [5.74, 6) is -1.35. The number of aliphatic hydroxyl groups is 1. The van der Waals surface area contributed by atoms with Gasteiger partial charge in [0.2, 0.25) is 0 Å². The zero-order valence-corrected chi connectivity index (χ0v) is 17.8. The molecule has 1 aliphatic rings. The quantitative estimate of drug-likeness (QED) is 0.432. The maximum atomic E-state index is 12.2. The van der Waals surface area contributed by atoms with Crippen LogP contribution in [0.1, 0.15) is 26.3 Å². The Morgan fingerprint density at radius 1 is 1.17 bits per heavy atom. The van der Waals surface area contributed by atoms with Gasteiger partial charge in [0.15, 0.2) is 5.76 Å². The lowest BCUT2D eigenvalue weighted by Crippen LogP contribution is -2.50. The number of amides is 2. The molecule has 0 spiro atoms. The van der Waals surface area contributed by atoms with Gasteiger partial charge in [0.25, 0.3) is 5.91 Å². The largest absolute Gasteiger partial charge is 0.503 e. The molecule has 0 saturated carbocycles. The van der Waals surface area contributed by atoms with E-state index in [0.29, 0.717) is 43.3 Å². The maximum absolute atomic E-state index is 12.2. The van der Waals surface area contributed by atoms with Gasteiger partial charge >= 0.3 is 6.09 Å². The van der Waals surface area contributed by atoms with Crippen LogP contribution in [0.3, 0.4) is 0 Å². The standard InChI is InChI=1S/C21H28ClN3O4/c1-21(2,3)29-20(28)25-12-10-24(11-13-25)14-16(18(26)19(23)27)7-4-15-5-8-17(22)9-6-15/h4-9,26H,10-14H2,1-3H3,(H2,23,27)/b7-4?,18-16-. The zero-order valence-electron chi connectivity index (χ0n) is 17.0. The van der Waals surface area contributed by atoms with Crippen LogP contribution >= 0.6 is 11.6 Å². The van der Waals surface area contributed by atoms with Crippen LogP contribution < -0.4 is 5.73 Å². The molecule has 0 aliphatic carbocycles. The van der Waals surface area contributed by atoms with Crippen LogP contribution in [0.25, 0.3) is 6.08 Å². The molecule has 1 aliphatic heterocycles. The van der Waals surface area contributed by atoms with Crippen molar-refractivity contribution in [3.8, 4) is 0 Å². The van der Waals surface area contributed by atoms with E-state index in [2.05, 4.69) is 0 Å². The molecule has 1 fully saturated rings. The number of aliphatic hydroxyl groups excluding tert-OH is 1. The summed E-state index contributed by atoms with van der Waals surface area (Å²) in [5, 5.41) is 10.8. The first kappa shape index (κ1) is 22.8. The van der Waals surface area contributed by atoms with E-state index in [1.54, 1.807) is 29.2 Å². The molecular weight excluding hydrogens is 394 g/mol. The van der Waals surface area contributed by atoms with E-state index >= 15 is 0 Å². The second kappa shape index (κ2) is 9.80. The molecule has 158 valence electrons. The summed E-state index contributed by atoms with van der Waals surface area (Å²) in [5.41, 5.74) is 6.02. The first-order chi connectivity index (χ1) is 13.5. The Balaban J connectivity index is 2.02. The summed E-state index contributed by atoms with van der Waals surface area (Å²) in [4.78, 5) is 27.4. The third-order valence-electron chi connectivity index (χ3n) is 4.30. The fourth-order valence-electron chi connectivity index (χ4n) is 2.79. The maximum Gasteiger partial charge on any atom is 0.410 e. The summed E-state index contributed by atoms with van der Waals surface area (Å²) in [6.07, 6.45) is 3.11. The number of piperazine rings is 1. The van der Waals surface area contributed by atoms with Gasteiger partial charge in [-0.2, -0.15) is 0 Å². The predicted octanol–water partition coefficient (Wildman–Crippen LogP) is 3.20. The molecule has 1 heterocycles. The van der Waals surface area contributed by atoms with Crippen molar-refractivity contribution >= 4 is 29.7 Å². The smallest absolute Gasteiger partial charge is 0.410 e. The van der Waals surface area contributed by atoms with E-state index in [0.717, 1.165) is 5.56 Å². The van der Waals surface area contributed by atoms with Gasteiger partial charge in [0, 0.05) is 43.3 Å². The number of benzene rings is 1. The van der Waals surface area contributed by atoms with Gasteiger partial charge in [-0.3, -0.25) is 9.69 Å². The lowest BCUT2D eigenvalue weighted by molar-refractivity contribution is -0.117. The molecule has 0 aromatic heterocycles. The van der Waals surface area contributed by atoms with Gasteiger partial charge in [-0.15, -0.1) is 0 Å². The van der Waals surface area contributed by atoms with Gasteiger partial charge in [-0.25, -0.2) is 4.79 Å². The summed E-state index contributed by atoms with van der Waals surface area (Å²) >= 11 is 5.89. The molecule has 0 atom stereocenters. The Hall–Kier alpha value is -2.51. The van der Waals surface area contributed by atoms with E-state index < -0.39 is 17.3 Å². The number of ether oxygens (including phenoxy) is 1. The first-order valence-electron chi connectivity index (χ1n) is 9.41. The average Bonchev–Trinajstić information content (AvgIpc) is 2.65. The Morgan fingerprint density at radius 3 is 2.28 bits per heavy atom. The van der Waals surface area contributed by atoms with Crippen LogP contribution in [-0.2, 0) is 9.53 Å².